The van der Waals surface area contributed by atoms with E-state index in [9.17, 15) is 0 Å². The molecule has 0 unspecified atom stereocenters. The summed E-state index contributed by atoms with van der Waals surface area (Å²) in [4.78, 5) is 9.12. The van der Waals surface area contributed by atoms with E-state index in [0.717, 1.165) is 38.7 Å². The fourth-order valence-corrected chi connectivity index (χ4v) is 3.69. The highest BCUT2D eigenvalue weighted by molar-refractivity contribution is 5.25. The lowest BCUT2D eigenvalue weighted by Gasteiger charge is -2.37. The summed E-state index contributed by atoms with van der Waals surface area (Å²) in [6.07, 6.45) is 1.78. The van der Waals surface area contributed by atoms with Crippen molar-refractivity contribution >= 4 is 0 Å². The fraction of sp³-hybridized carbons (Fsp3) is 0.688. The van der Waals surface area contributed by atoms with Crippen LogP contribution in [0.2, 0.25) is 0 Å². The van der Waals surface area contributed by atoms with Crippen molar-refractivity contribution in [1.82, 2.24) is 14.8 Å². The monoisotopic (exact) mass is 291 g/mol. The Morgan fingerprint density at radius 1 is 1.38 bits per heavy atom. The van der Waals surface area contributed by atoms with Gasteiger partial charge >= 0.3 is 0 Å². The molecule has 0 radical (unpaired) electrons. The molecule has 0 saturated carbocycles. The Morgan fingerprint density at radius 2 is 2.24 bits per heavy atom. The van der Waals surface area contributed by atoms with Crippen LogP contribution in [0.3, 0.4) is 0 Å². The van der Waals surface area contributed by atoms with Crippen molar-refractivity contribution in [3.8, 4) is 5.88 Å². The van der Waals surface area contributed by atoms with E-state index in [4.69, 9.17) is 9.47 Å². The summed E-state index contributed by atoms with van der Waals surface area (Å²) >= 11 is 0. The van der Waals surface area contributed by atoms with Crippen molar-refractivity contribution < 1.29 is 9.47 Å². The number of pyridine rings is 1. The summed E-state index contributed by atoms with van der Waals surface area (Å²) < 4.78 is 11.2. The summed E-state index contributed by atoms with van der Waals surface area (Å²) in [7, 11) is 6.00. The minimum atomic E-state index is 0.532. The van der Waals surface area contributed by atoms with E-state index in [1.807, 2.05) is 6.07 Å². The Balaban J connectivity index is 1.69. The van der Waals surface area contributed by atoms with Crippen LogP contribution in [0.1, 0.15) is 5.56 Å². The number of methoxy groups -OCH3 is 1. The smallest absolute Gasteiger partial charge is 0.217 e. The Morgan fingerprint density at radius 3 is 3.00 bits per heavy atom. The molecule has 5 nitrogen and oxygen atoms in total. The molecule has 3 atom stereocenters. The number of hydrogen-bond acceptors (Lipinski definition) is 5. The standard InChI is InChI=1S/C16H25N3O2/c1-18(2)15-11-21-10-13-8-19(9-14(13)15)7-12-5-4-6-17-16(12)20-3/h4-6,13-15H,7-11H2,1-3H3/t13-,14-,15+/m0/s1. The maximum Gasteiger partial charge on any atom is 0.217 e. The molecule has 0 amide bonds. The minimum absolute atomic E-state index is 0.532. The van der Waals surface area contributed by atoms with Crippen molar-refractivity contribution in [3.05, 3.63) is 23.9 Å². The molecule has 0 aromatic carbocycles. The molecule has 0 aliphatic carbocycles. The SMILES string of the molecule is COc1ncccc1CN1C[C@H]2COC[C@@H](N(C)C)[C@H]2C1. The molecule has 5 heteroatoms. The van der Waals surface area contributed by atoms with Gasteiger partial charge in [0.2, 0.25) is 5.88 Å². The van der Waals surface area contributed by atoms with Gasteiger partial charge in [-0.1, -0.05) is 6.07 Å². The van der Waals surface area contributed by atoms with E-state index >= 15 is 0 Å². The molecule has 2 fully saturated rings. The number of ether oxygens (including phenoxy) is 2. The zero-order valence-electron chi connectivity index (χ0n) is 13.2. The van der Waals surface area contributed by atoms with Gasteiger partial charge in [0.25, 0.3) is 0 Å². The van der Waals surface area contributed by atoms with Crippen LogP contribution in [0.25, 0.3) is 0 Å². The Labute approximate surface area is 126 Å². The van der Waals surface area contributed by atoms with Crippen LogP contribution < -0.4 is 4.74 Å². The van der Waals surface area contributed by atoms with E-state index < -0.39 is 0 Å². The maximum absolute atomic E-state index is 5.80. The molecule has 116 valence electrons. The second-order valence-corrected chi connectivity index (χ2v) is 6.36. The van der Waals surface area contributed by atoms with E-state index in [2.05, 4.69) is 34.9 Å². The highest BCUT2D eigenvalue weighted by Gasteiger charge is 2.41. The topological polar surface area (TPSA) is 37.8 Å². The third-order valence-electron chi connectivity index (χ3n) is 4.78. The van der Waals surface area contributed by atoms with Gasteiger partial charge in [0.1, 0.15) is 0 Å². The number of likely N-dealkylation sites (tertiary alicyclic amines) is 1. The number of nitrogens with zero attached hydrogens (tertiary/aromatic N) is 3. The van der Waals surface area contributed by atoms with Crippen molar-refractivity contribution in [1.29, 1.82) is 0 Å². The first-order chi connectivity index (χ1) is 10.2. The van der Waals surface area contributed by atoms with Crippen LogP contribution in [-0.2, 0) is 11.3 Å². The molecule has 0 spiro atoms. The first-order valence-electron chi connectivity index (χ1n) is 7.63. The van der Waals surface area contributed by atoms with Crippen LogP contribution in [-0.4, -0.2) is 68.3 Å². The van der Waals surface area contributed by atoms with Gasteiger partial charge in [0, 0.05) is 43.4 Å². The number of hydrogen-bond donors (Lipinski definition) is 0. The number of aromatic nitrogens is 1. The molecule has 2 saturated heterocycles. The molecule has 21 heavy (non-hydrogen) atoms. The first-order valence-corrected chi connectivity index (χ1v) is 7.63. The summed E-state index contributed by atoms with van der Waals surface area (Å²) in [5.74, 6) is 2.10. The molecule has 1 aromatic rings. The molecule has 0 N–H and O–H groups in total. The van der Waals surface area contributed by atoms with Crippen LogP contribution in [0.5, 0.6) is 5.88 Å². The van der Waals surface area contributed by atoms with Gasteiger partial charge in [-0.2, -0.15) is 0 Å². The molecular formula is C16H25N3O2. The maximum atomic E-state index is 5.80. The van der Waals surface area contributed by atoms with Gasteiger partial charge in [-0.25, -0.2) is 4.98 Å². The van der Waals surface area contributed by atoms with Crippen LogP contribution >= 0.6 is 0 Å². The van der Waals surface area contributed by atoms with Crippen molar-refractivity contribution in [2.24, 2.45) is 11.8 Å². The summed E-state index contributed by atoms with van der Waals surface area (Å²) in [6.45, 7) is 4.90. The zero-order chi connectivity index (χ0) is 14.8. The highest BCUT2D eigenvalue weighted by atomic mass is 16.5. The fourth-order valence-electron chi connectivity index (χ4n) is 3.69. The average Bonchev–Trinajstić information content (AvgIpc) is 2.89. The number of fused-ring (bicyclic) bond motifs is 1. The predicted molar refractivity (Wildman–Crippen MR) is 81.3 cm³/mol. The first kappa shape index (κ1) is 14.8. The summed E-state index contributed by atoms with van der Waals surface area (Å²) in [6, 6.07) is 4.62. The van der Waals surface area contributed by atoms with E-state index in [1.54, 1.807) is 13.3 Å². The second kappa shape index (κ2) is 6.30. The molecule has 3 heterocycles. The number of likely N-dealkylation sites (N-methyl/N-ethyl adjacent to an activating group) is 1. The second-order valence-electron chi connectivity index (χ2n) is 6.36. The van der Waals surface area contributed by atoms with Crippen LogP contribution in [0.15, 0.2) is 18.3 Å². The van der Waals surface area contributed by atoms with Crippen LogP contribution in [0.4, 0.5) is 0 Å². The average molecular weight is 291 g/mol. The van der Waals surface area contributed by atoms with Gasteiger partial charge in [0.05, 0.1) is 20.3 Å². The largest absolute Gasteiger partial charge is 0.481 e. The Bertz CT molecular complexity index is 480. The van der Waals surface area contributed by atoms with Crippen molar-refractivity contribution in [2.75, 3.05) is 47.5 Å². The summed E-state index contributed by atoms with van der Waals surface area (Å²) in [5, 5.41) is 0. The molecule has 2 aliphatic heterocycles. The number of rotatable bonds is 4. The van der Waals surface area contributed by atoms with Crippen molar-refractivity contribution in [2.45, 2.75) is 12.6 Å². The van der Waals surface area contributed by atoms with Gasteiger partial charge < -0.3 is 14.4 Å². The van der Waals surface area contributed by atoms with E-state index in [1.165, 1.54) is 5.56 Å². The lowest BCUT2D eigenvalue weighted by Crippen LogP contribution is -2.47. The molecule has 2 aliphatic rings. The predicted octanol–water partition coefficient (Wildman–Crippen LogP) is 1.10. The normalized spacial score (nSPS) is 29.6. The molecular weight excluding hydrogens is 266 g/mol. The van der Waals surface area contributed by atoms with Crippen molar-refractivity contribution in [3.63, 3.8) is 0 Å². The van der Waals surface area contributed by atoms with Gasteiger partial charge in [-0.3, -0.25) is 4.90 Å². The van der Waals surface area contributed by atoms with Crippen LogP contribution in [0, 0.1) is 11.8 Å². The van der Waals surface area contributed by atoms with E-state index in [-0.39, 0.29) is 0 Å². The third-order valence-corrected chi connectivity index (χ3v) is 4.78. The van der Waals surface area contributed by atoms with Gasteiger partial charge in [0.15, 0.2) is 0 Å². The Kier molecular flexibility index (Phi) is 4.42. The van der Waals surface area contributed by atoms with Gasteiger partial charge in [-0.05, 0) is 26.1 Å². The molecule has 1 aromatic heterocycles. The summed E-state index contributed by atoms with van der Waals surface area (Å²) in [5.41, 5.74) is 1.17. The quantitative estimate of drug-likeness (QED) is 0.830. The molecule has 0 bridgehead atoms. The highest BCUT2D eigenvalue weighted by Crippen LogP contribution is 2.33. The Hall–Kier alpha value is -1.17. The molecule has 3 rings (SSSR count). The van der Waals surface area contributed by atoms with E-state index in [0.29, 0.717) is 17.9 Å². The lowest BCUT2D eigenvalue weighted by molar-refractivity contribution is -0.0229. The third kappa shape index (κ3) is 3.05. The van der Waals surface area contributed by atoms with Gasteiger partial charge in [-0.15, -0.1) is 0 Å². The lowest BCUT2D eigenvalue weighted by atomic mass is 9.87. The zero-order valence-corrected chi connectivity index (χ0v) is 13.2. The minimum Gasteiger partial charge on any atom is -0.481 e.